The molecule has 6 heteroatoms. The number of nitrogens with zero attached hydrogens (tertiary/aromatic N) is 1. The lowest BCUT2D eigenvalue weighted by Crippen LogP contribution is -2.25. The first-order valence-corrected chi connectivity index (χ1v) is 7.01. The van der Waals surface area contributed by atoms with E-state index in [1.54, 1.807) is 6.54 Å². The second kappa shape index (κ2) is 4.53. The van der Waals surface area contributed by atoms with Crippen LogP contribution in [-0.2, 0) is 10.0 Å². The van der Waals surface area contributed by atoms with E-state index in [4.69, 9.17) is 23.2 Å². The third kappa shape index (κ3) is 2.35. The topological polar surface area (TPSA) is 37.4 Å². The van der Waals surface area contributed by atoms with Gasteiger partial charge in [-0.25, -0.2) is 8.42 Å². The van der Waals surface area contributed by atoms with Crippen molar-refractivity contribution >= 4 is 33.2 Å². The molecule has 1 fully saturated rings. The van der Waals surface area contributed by atoms with Crippen molar-refractivity contribution in [2.45, 2.75) is 17.7 Å². The minimum atomic E-state index is -3.47. The molecule has 0 atom stereocenters. The molecule has 0 amide bonds. The number of rotatable bonds is 2. The lowest BCUT2D eigenvalue weighted by molar-refractivity contribution is 0.507. The molecule has 2 rings (SSSR count). The van der Waals surface area contributed by atoms with E-state index in [9.17, 15) is 8.42 Å². The molecule has 0 unspecified atom stereocenters. The summed E-state index contributed by atoms with van der Waals surface area (Å²) >= 11 is 11.6. The van der Waals surface area contributed by atoms with Crippen LogP contribution in [-0.4, -0.2) is 19.3 Å². The molecule has 0 saturated carbocycles. The smallest absolute Gasteiger partial charge is 0.207 e. The molecule has 0 aliphatic carbocycles. The van der Waals surface area contributed by atoms with Crippen LogP contribution in [0.4, 0.5) is 0 Å². The summed E-state index contributed by atoms with van der Waals surface area (Å²) in [6, 6.07) is 4.33. The van der Waals surface area contributed by atoms with Crippen molar-refractivity contribution in [2.24, 2.45) is 0 Å². The van der Waals surface area contributed by atoms with E-state index >= 15 is 0 Å². The maximum Gasteiger partial charge on any atom is 0.243 e. The molecule has 1 radical (unpaired) electrons. The molecule has 0 bridgehead atoms. The molecule has 0 N–H and O–H groups in total. The fourth-order valence-corrected chi connectivity index (χ4v) is 3.75. The van der Waals surface area contributed by atoms with Gasteiger partial charge in [-0.2, -0.15) is 4.31 Å². The highest BCUT2D eigenvalue weighted by atomic mass is 35.5. The summed E-state index contributed by atoms with van der Waals surface area (Å²) in [4.78, 5) is 0.142. The van der Waals surface area contributed by atoms with E-state index in [0.29, 0.717) is 16.6 Å². The molecule has 1 aliphatic rings. The van der Waals surface area contributed by atoms with Crippen molar-refractivity contribution in [3.63, 3.8) is 0 Å². The normalized spacial score (nSPS) is 17.9. The van der Waals surface area contributed by atoms with E-state index in [0.717, 1.165) is 12.8 Å². The first kappa shape index (κ1) is 12.2. The Morgan fingerprint density at radius 2 is 1.75 bits per heavy atom. The Morgan fingerprint density at radius 1 is 1.12 bits per heavy atom. The average Bonchev–Trinajstić information content (AvgIpc) is 2.69. The lowest BCUT2D eigenvalue weighted by Gasteiger charge is -2.15. The van der Waals surface area contributed by atoms with Crippen LogP contribution in [0.2, 0.25) is 10.0 Å². The molecule has 1 aromatic carbocycles. The first-order chi connectivity index (χ1) is 7.50. The summed E-state index contributed by atoms with van der Waals surface area (Å²) in [5.41, 5.74) is 0. The fraction of sp³-hybridized carbons (Fsp3) is 0.300. The van der Waals surface area contributed by atoms with Crippen molar-refractivity contribution in [1.82, 2.24) is 4.31 Å². The predicted molar refractivity (Wildman–Crippen MR) is 63.9 cm³/mol. The van der Waals surface area contributed by atoms with Gasteiger partial charge in [0.1, 0.15) is 0 Å². The van der Waals surface area contributed by atoms with Gasteiger partial charge in [0.15, 0.2) is 0 Å². The molecule has 3 nitrogen and oxygen atoms in total. The summed E-state index contributed by atoms with van der Waals surface area (Å²) in [7, 11) is -3.47. The van der Waals surface area contributed by atoms with Crippen LogP contribution in [0.3, 0.4) is 0 Å². The second-order valence-corrected chi connectivity index (χ2v) is 6.31. The Hall–Kier alpha value is -0.290. The van der Waals surface area contributed by atoms with Gasteiger partial charge >= 0.3 is 0 Å². The first-order valence-electron chi connectivity index (χ1n) is 4.81. The Balaban J connectivity index is 2.42. The summed E-state index contributed by atoms with van der Waals surface area (Å²) in [5, 5.41) is 0.649. The van der Waals surface area contributed by atoms with Gasteiger partial charge in [0.05, 0.1) is 4.90 Å². The minimum absolute atomic E-state index is 0.142. The Morgan fingerprint density at radius 3 is 2.25 bits per heavy atom. The second-order valence-electron chi connectivity index (χ2n) is 3.55. The highest BCUT2D eigenvalue weighted by molar-refractivity contribution is 7.89. The third-order valence-electron chi connectivity index (χ3n) is 2.36. The van der Waals surface area contributed by atoms with E-state index in [1.165, 1.54) is 22.5 Å². The van der Waals surface area contributed by atoms with Crippen LogP contribution in [0.1, 0.15) is 12.8 Å². The highest BCUT2D eigenvalue weighted by Crippen LogP contribution is 2.27. The zero-order chi connectivity index (χ0) is 11.8. The minimum Gasteiger partial charge on any atom is -0.207 e. The largest absolute Gasteiger partial charge is 0.243 e. The van der Waals surface area contributed by atoms with Crippen LogP contribution >= 0.6 is 23.2 Å². The molecule has 1 saturated heterocycles. The van der Waals surface area contributed by atoms with Crippen LogP contribution in [0.15, 0.2) is 23.1 Å². The zero-order valence-electron chi connectivity index (χ0n) is 8.36. The SMILES string of the molecule is O=S(=O)(c1cc(Cl)cc(Cl)c1)N1[CH]CCC1. The Labute approximate surface area is 105 Å². The molecular formula is C10H10Cl2NO2S. The molecule has 0 spiro atoms. The molecule has 1 aromatic rings. The Bertz CT molecular complexity index is 475. The molecule has 87 valence electrons. The number of hydrogen-bond donors (Lipinski definition) is 0. The van der Waals surface area contributed by atoms with Crippen molar-refractivity contribution in [2.75, 3.05) is 6.54 Å². The number of halogens is 2. The van der Waals surface area contributed by atoms with Gasteiger partial charge in [0.25, 0.3) is 0 Å². The lowest BCUT2D eigenvalue weighted by atomic mass is 10.4. The van der Waals surface area contributed by atoms with E-state index in [1.807, 2.05) is 0 Å². The van der Waals surface area contributed by atoms with Crippen LogP contribution in [0, 0.1) is 6.54 Å². The summed E-state index contributed by atoms with van der Waals surface area (Å²) in [6.45, 7) is 2.20. The Kier molecular flexibility index (Phi) is 3.45. The molecule has 16 heavy (non-hydrogen) atoms. The predicted octanol–water partition coefficient (Wildman–Crippen LogP) is 2.94. The highest BCUT2D eigenvalue weighted by Gasteiger charge is 2.27. The van der Waals surface area contributed by atoms with Gasteiger partial charge in [-0.3, -0.25) is 0 Å². The van der Waals surface area contributed by atoms with Gasteiger partial charge in [-0.1, -0.05) is 23.2 Å². The summed E-state index contributed by atoms with van der Waals surface area (Å²) in [5.74, 6) is 0. The maximum atomic E-state index is 12.1. The van der Waals surface area contributed by atoms with Crippen LogP contribution in [0.25, 0.3) is 0 Å². The van der Waals surface area contributed by atoms with E-state index in [2.05, 4.69) is 0 Å². The summed E-state index contributed by atoms with van der Waals surface area (Å²) in [6.07, 6.45) is 1.64. The van der Waals surface area contributed by atoms with Gasteiger partial charge < -0.3 is 0 Å². The van der Waals surface area contributed by atoms with Crippen molar-refractivity contribution in [3.05, 3.63) is 34.8 Å². The molecule has 0 aromatic heterocycles. The standard InChI is InChI=1S/C10H10Cl2NO2S/c11-8-5-9(12)7-10(6-8)16(14,15)13-3-1-2-4-13/h3,5-7H,1-2,4H2. The zero-order valence-corrected chi connectivity index (χ0v) is 10.7. The summed E-state index contributed by atoms with van der Waals surface area (Å²) < 4.78 is 25.6. The van der Waals surface area contributed by atoms with Gasteiger partial charge in [-0.15, -0.1) is 0 Å². The van der Waals surface area contributed by atoms with Crippen molar-refractivity contribution < 1.29 is 8.42 Å². The van der Waals surface area contributed by atoms with Crippen LogP contribution in [0.5, 0.6) is 0 Å². The quantitative estimate of drug-likeness (QED) is 0.834. The molecular weight excluding hydrogens is 269 g/mol. The molecule has 1 aliphatic heterocycles. The number of sulfonamides is 1. The maximum absolute atomic E-state index is 12.1. The van der Waals surface area contributed by atoms with Crippen molar-refractivity contribution in [3.8, 4) is 0 Å². The van der Waals surface area contributed by atoms with Gasteiger partial charge in [0, 0.05) is 23.1 Å². The van der Waals surface area contributed by atoms with E-state index in [-0.39, 0.29) is 4.90 Å². The van der Waals surface area contributed by atoms with E-state index < -0.39 is 10.0 Å². The van der Waals surface area contributed by atoms with Gasteiger partial charge in [0.2, 0.25) is 10.0 Å². The number of hydrogen-bond acceptors (Lipinski definition) is 2. The fourth-order valence-electron chi connectivity index (χ4n) is 1.60. The van der Waals surface area contributed by atoms with Gasteiger partial charge in [-0.05, 0) is 31.0 Å². The average molecular weight is 279 g/mol. The van der Waals surface area contributed by atoms with Crippen LogP contribution < -0.4 is 0 Å². The third-order valence-corrected chi connectivity index (χ3v) is 4.57. The molecule has 1 heterocycles. The monoisotopic (exact) mass is 278 g/mol. The van der Waals surface area contributed by atoms with Crippen molar-refractivity contribution in [1.29, 1.82) is 0 Å². The number of benzene rings is 1.